The third-order valence-electron chi connectivity index (χ3n) is 4.38. The summed E-state index contributed by atoms with van der Waals surface area (Å²) in [5.74, 6) is 0. The Morgan fingerprint density at radius 3 is 2.08 bits per heavy atom. The van der Waals surface area contributed by atoms with Crippen LogP contribution in [0.5, 0.6) is 0 Å². The van der Waals surface area contributed by atoms with Crippen molar-refractivity contribution in [2.45, 2.75) is 30.2 Å². The van der Waals surface area contributed by atoms with Gasteiger partial charge in [0.05, 0.1) is 4.90 Å². The Bertz CT molecular complexity index is 733. The van der Waals surface area contributed by atoms with Crippen LogP contribution in [0.1, 0.15) is 18.4 Å². The lowest BCUT2D eigenvalue weighted by molar-refractivity contribution is 0.304. The molecule has 0 bridgehead atoms. The molecule has 1 fully saturated rings. The van der Waals surface area contributed by atoms with Crippen molar-refractivity contribution in [1.82, 2.24) is 9.62 Å². The molecular weight excluding hydrogens is 356 g/mol. The zero-order chi connectivity index (χ0) is 16.8. The van der Waals surface area contributed by atoms with Crippen molar-refractivity contribution in [2.24, 2.45) is 0 Å². The van der Waals surface area contributed by atoms with Gasteiger partial charge < -0.3 is 4.90 Å². The molecule has 0 aliphatic carbocycles. The predicted octanol–water partition coefficient (Wildman–Crippen LogP) is 3.09. The normalized spacial score (nSPS) is 16.3. The van der Waals surface area contributed by atoms with Crippen LogP contribution in [0.25, 0.3) is 0 Å². The fourth-order valence-corrected chi connectivity index (χ4v) is 4.45. The topological polar surface area (TPSA) is 49.4 Å². The number of benzene rings is 2. The van der Waals surface area contributed by atoms with Crippen LogP contribution in [0, 0.1) is 0 Å². The largest absolute Gasteiger partial charge is 0.302 e. The summed E-state index contributed by atoms with van der Waals surface area (Å²) >= 11 is 0. The van der Waals surface area contributed by atoms with Gasteiger partial charge in [-0.3, -0.25) is 0 Å². The Hall–Kier alpha value is -1.40. The van der Waals surface area contributed by atoms with E-state index in [0.717, 1.165) is 25.2 Å². The molecule has 1 unspecified atom stereocenters. The van der Waals surface area contributed by atoms with E-state index in [1.165, 1.54) is 12.8 Å². The van der Waals surface area contributed by atoms with E-state index in [4.69, 9.17) is 0 Å². The molecule has 2 aromatic carbocycles. The molecular formula is C19H25ClN2O2S. The summed E-state index contributed by atoms with van der Waals surface area (Å²) in [6, 6.07) is 18.5. The van der Waals surface area contributed by atoms with Crippen LogP contribution in [-0.4, -0.2) is 39.0 Å². The minimum Gasteiger partial charge on any atom is -0.302 e. The number of rotatable bonds is 7. The molecule has 0 radical (unpaired) electrons. The third kappa shape index (κ3) is 5.82. The number of halogens is 1. The van der Waals surface area contributed by atoms with Crippen molar-refractivity contribution in [2.75, 3.05) is 19.6 Å². The molecule has 0 amide bonds. The lowest BCUT2D eigenvalue weighted by Crippen LogP contribution is -2.44. The van der Waals surface area contributed by atoms with Gasteiger partial charge in [0, 0.05) is 12.6 Å². The first kappa shape index (κ1) is 19.9. The Labute approximate surface area is 156 Å². The van der Waals surface area contributed by atoms with E-state index in [1.54, 1.807) is 24.3 Å². The van der Waals surface area contributed by atoms with Gasteiger partial charge in [0.1, 0.15) is 0 Å². The maximum Gasteiger partial charge on any atom is 0.240 e. The van der Waals surface area contributed by atoms with E-state index in [9.17, 15) is 8.42 Å². The lowest BCUT2D eigenvalue weighted by Gasteiger charge is -2.24. The first-order chi connectivity index (χ1) is 11.6. The highest BCUT2D eigenvalue weighted by molar-refractivity contribution is 7.89. The van der Waals surface area contributed by atoms with Crippen LogP contribution >= 0.6 is 12.4 Å². The standard InChI is InChI=1S/C19H24N2O2S.ClH/c22-24(23,19-11-5-2-6-12-19)20-18(16-21-13-7-8-14-21)15-17-9-3-1-4-10-17;/h1-6,9-12,18,20H,7-8,13-16H2;1H. The molecule has 1 heterocycles. The highest BCUT2D eigenvalue weighted by atomic mass is 35.5. The predicted molar refractivity (Wildman–Crippen MR) is 104 cm³/mol. The first-order valence-corrected chi connectivity index (χ1v) is 9.95. The Balaban J connectivity index is 0.00000225. The molecule has 1 aliphatic rings. The molecule has 0 spiro atoms. The van der Waals surface area contributed by atoms with Gasteiger partial charge in [-0.15, -0.1) is 12.4 Å². The average Bonchev–Trinajstić information content (AvgIpc) is 3.09. The van der Waals surface area contributed by atoms with Crippen LogP contribution in [0.15, 0.2) is 65.6 Å². The van der Waals surface area contributed by atoms with Gasteiger partial charge in [0.25, 0.3) is 0 Å². The summed E-state index contributed by atoms with van der Waals surface area (Å²) in [7, 11) is -3.50. The monoisotopic (exact) mass is 380 g/mol. The van der Waals surface area contributed by atoms with Crippen molar-refractivity contribution in [3.63, 3.8) is 0 Å². The molecule has 1 N–H and O–H groups in total. The third-order valence-corrected chi connectivity index (χ3v) is 5.91. The second kappa shape index (κ2) is 9.34. The van der Waals surface area contributed by atoms with Crippen LogP contribution in [0.4, 0.5) is 0 Å². The van der Waals surface area contributed by atoms with Crippen LogP contribution in [-0.2, 0) is 16.4 Å². The average molecular weight is 381 g/mol. The van der Waals surface area contributed by atoms with E-state index in [-0.39, 0.29) is 18.4 Å². The van der Waals surface area contributed by atoms with Crippen molar-refractivity contribution in [1.29, 1.82) is 0 Å². The van der Waals surface area contributed by atoms with Gasteiger partial charge in [-0.05, 0) is 50.0 Å². The highest BCUT2D eigenvalue weighted by Crippen LogP contribution is 2.14. The van der Waals surface area contributed by atoms with Gasteiger partial charge >= 0.3 is 0 Å². The summed E-state index contributed by atoms with van der Waals surface area (Å²) in [4.78, 5) is 2.67. The number of hydrogen-bond acceptors (Lipinski definition) is 3. The summed E-state index contributed by atoms with van der Waals surface area (Å²) < 4.78 is 28.3. The first-order valence-electron chi connectivity index (χ1n) is 8.47. The SMILES string of the molecule is Cl.O=S(=O)(NC(Cc1ccccc1)CN1CCCC1)c1ccccc1. The zero-order valence-corrected chi connectivity index (χ0v) is 15.8. The van der Waals surface area contributed by atoms with Gasteiger partial charge in [-0.2, -0.15) is 0 Å². The zero-order valence-electron chi connectivity index (χ0n) is 14.2. The van der Waals surface area contributed by atoms with Crippen molar-refractivity contribution >= 4 is 22.4 Å². The lowest BCUT2D eigenvalue weighted by atomic mass is 10.1. The Morgan fingerprint density at radius 1 is 0.920 bits per heavy atom. The second-order valence-electron chi connectivity index (χ2n) is 6.33. The summed E-state index contributed by atoms with van der Waals surface area (Å²) in [6.45, 7) is 2.86. The van der Waals surface area contributed by atoms with Gasteiger partial charge in [0.15, 0.2) is 0 Å². The summed E-state index contributed by atoms with van der Waals surface area (Å²) in [5, 5.41) is 0. The van der Waals surface area contributed by atoms with Crippen LogP contribution < -0.4 is 4.72 Å². The Kier molecular flexibility index (Phi) is 7.44. The number of hydrogen-bond donors (Lipinski definition) is 1. The minimum atomic E-state index is -3.50. The maximum absolute atomic E-state index is 12.7. The quantitative estimate of drug-likeness (QED) is 0.803. The molecule has 2 aromatic rings. The number of nitrogens with one attached hydrogen (secondary N) is 1. The molecule has 1 aliphatic heterocycles. The smallest absolute Gasteiger partial charge is 0.240 e. The maximum atomic E-state index is 12.7. The highest BCUT2D eigenvalue weighted by Gasteiger charge is 2.23. The molecule has 1 atom stereocenters. The molecule has 25 heavy (non-hydrogen) atoms. The van der Waals surface area contributed by atoms with Gasteiger partial charge in [-0.25, -0.2) is 13.1 Å². The summed E-state index contributed by atoms with van der Waals surface area (Å²) in [6.07, 6.45) is 3.09. The molecule has 0 aromatic heterocycles. The van der Waals surface area contributed by atoms with Gasteiger partial charge in [0.2, 0.25) is 10.0 Å². The molecule has 6 heteroatoms. The van der Waals surface area contributed by atoms with Gasteiger partial charge in [-0.1, -0.05) is 48.5 Å². The number of nitrogens with zero attached hydrogens (tertiary/aromatic N) is 1. The van der Waals surface area contributed by atoms with Crippen molar-refractivity contribution in [3.05, 3.63) is 66.2 Å². The molecule has 3 rings (SSSR count). The number of sulfonamides is 1. The Morgan fingerprint density at radius 2 is 1.48 bits per heavy atom. The fourth-order valence-electron chi connectivity index (χ4n) is 3.21. The van der Waals surface area contributed by atoms with Crippen molar-refractivity contribution < 1.29 is 8.42 Å². The fraction of sp³-hybridized carbons (Fsp3) is 0.368. The minimum absolute atomic E-state index is 0. The summed E-state index contributed by atoms with van der Waals surface area (Å²) in [5.41, 5.74) is 1.15. The molecule has 136 valence electrons. The van der Waals surface area contributed by atoms with E-state index in [0.29, 0.717) is 11.3 Å². The second-order valence-corrected chi connectivity index (χ2v) is 8.04. The van der Waals surface area contributed by atoms with Crippen LogP contribution in [0.2, 0.25) is 0 Å². The molecule has 4 nitrogen and oxygen atoms in total. The van der Waals surface area contributed by atoms with E-state index in [1.807, 2.05) is 36.4 Å². The molecule has 0 saturated carbocycles. The number of likely N-dealkylation sites (tertiary alicyclic amines) is 1. The van der Waals surface area contributed by atoms with Crippen LogP contribution in [0.3, 0.4) is 0 Å². The van der Waals surface area contributed by atoms with E-state index in [2.05, 4.69) is 9.62 Å². The van der Waals surface area contributed by atoms with E-state index >= 15 is 0 Å². The van der Waals surface area contributed by atoms with Crippen molar-refractivity contribution in [3.8, 4) is 0 Å². The molecule has 1 saturated heterocycles. The van der Waals surface area contributed by atoms with E-state index < -0.39 is 10.0 Å².